The number of carbonyl (C=O) groups is 2. The Bertz CT molecular complexity index is 485. The summed E-state index contributed by atoms with van der Waals surface area (Å²) in [5.41, 5.74) is 1.59. The van der Waals surface area contributed by atoms with E-state index in [0.29, 0.717) is 5.92 Å². The highest BCUT2D eigenvalue weighted by Crippen LogP contribution is 2.59. The van der Waals surface area contributed by atoms with Crippen molar-refractivity contribution in [2.24, 2.45) is 17.3 Å². The van der Waals surface area contributed by atoms with Gasteiger partial charge in [-0.2, -0.15) is 0 Å². The molecule has 2 bridgehead atoms. The van der Waals surface area contributed by atoms with Crippen LogP contribution in [0.3, 0.4) is 0 Å². The van der Waals surface area contributed by atoms with Crippen molar-refractivity contribution in [3.8, 4) is 0 Å². The van der Waals surface area contributed by atoms with E-state index in [-0.39, 0.29) is 24.0 Å². The lowest BCUT2D eigenvalue weighted by Gasteiger charge is -2.56. The van der Waals surface area contributed by atoms with Crippen molar-refractivity contribution in [1.29, 1.82) is 0 Å². The summed E-state index contributed by atoms with van der Waals surface area (Å²) in [5.74, 6) is -0.379. The largest absolute Gasteiger partial charge is 0.481 e. The van der Waals surface area contributed by atoms with Gasteiger partial charge in [-0.3, -0.25) is 4.79 Å². The highest BCUT2D eigenvalue weighted by Gasteiger charge is 2.50. The molecule has 0 unspecified atom stereocenters. The zero-order valence-electron chi connectivity index (χ0n) is 12.3. The first kappa shape index (κ1) is 14.8. The molecule has 3 aliphatic rings. The van der Waals surface area contributed by atoms with Gasteiger partial charge < -0.3 is 9.84 Å². The summed E-state index contributed by atoms with van der Waals surface area (Å²) >= 11 is 0. The molecule has 1 saturated carbocycles. The van der Waals surface area contributed by atoms with E-state index in [2.05, 4.69) is 19.9 Å². The molecule has 2 atom stereocenters. The number of rotatable bonds is 5. The maximum Gasteiger partial charge on any atom is 0.334 e. The number of hydrogen-bond acceptors (Lipinski definition) is 3. The van der Waals surface area contributed by atoms with Crippen LogP contribution in [-0.4, -0.2) is 23.7 Å². The average Bonchev–Trinajstić information content (AvgIpc) is 2.37. The minimum atomic E-state index is -1.01. The minimum absolute atomic E-state index is 0.242. The van der Waals surface area contributed by atoms with Gasteiger partial charge in [0.1, 0.15) is 0 Å². The Morgan fingerprint density at radius 3 is 2.70 bits per heavy atom. The molecule has 3 rings (SSSR count). The van der Waals surface area contributed by atoms with E-state index in [9.17, 15) is 9.59 Å². The molecule has 1 fully saturated rings. The fourth-order valence-corrected chi connectivity index (χ4v) is 3.33. The Hall–Kier alpha value is -1.58. The molecule has 0 aromatic rings. The lowest BCUT2D eigenvalue weighted by molar-refractivity contribution is -0.142. The molecule has 20 heavy (non-hydrogen) atoms. The van der Waals surface area contributed by atoms with Gasteiger partial charge in [-0.05, 0) is 48.7 Å². The van der Waals surface area contributed by atoms with Crippen LogP contribution >= 0.6 is 0 Å². The normalized spacial score (nSPS) is 27.4. The lowest BCUT2D eigenvalue weighted by Crippen LogP contribution is -2.47. The molecule has 1 N–H and O–H groups in total. The number of carboxylic acids is 1. The van der Waals surface area contributed by atoms with E-state index >= 15 is 0 Å². The van der Waals surface area contributed by atoms with Crippen LogP contribution in [0.2, 0.25) is 0 Å². The van der Waals surface area contributed by atoms with Gasteiger partial charge in [0, 0.05) is 5.57 Å². The van der Waals surface area contributed by atoms with Crippen molar-refractivity contribution in [2.45, 2.75) is 40.0 Å². The summed E-state index contributed by atoms with van der Waals surface area (Å²) in [4.78, 5) is 22.8. The number of esters is 1. The monoisotopic (exact) mass is 278 g/mol. The maximum absolute atomic E-state index is 11.9. The zero-order valence-corrected chi connectivity index (χ0v) is 12.3. The molecule has 4 heteroatoms. The minimum Gasteiger partial charge on any atom is -0.481 e. The van der Waals surface area contributed by atoms with Gasteiger partial charge in [-0.25, -0.2) is 4.79 Å². The molecule has 0 aromatic carbocycles. The summed E-state index contributed by atoms with van der Waals surface area (Å²) < 4.78 is 4.95. The van der Waals surface area contributed by atoms with Crippen molar-refractivity contribution >= 4 is 11.9 Å². The SMILES string of the molecule is CCOC(=O)/C(=C/C1=CC[C@H]2C[C@@H]1C2(C)C)CC(=O)O. The third kappa shape index (κ3) is 2.65. The third-order valence-electron chi connectivity index (χ3n) is 4.73. The van der Waals surface area contributed by atoms with Gasteiger partial charge in [0.25, 0.3) is 0 Å². The number of allylic oxidation sites excluding steroid dienone is 3. The molecule has 4 nitrogen and oxygen atoms in total. The van der Waals surface area contributed by atoms with Crippen LogP contribution < -0.4 is 0 Å². The molecule has 0 heterocycles. The number of hydrogen-bond donors (Lipinski definition) is 1. The Balaban J connectivity index is 2.22. The fraction of sp³-hybridized carbons (Fsp3) is 0.625. The van der Waals surface area contributed by atoms with Crippen LogP contribution in [0.4, 0.5) is 0 Å². The second-order valence-electron chi connectivity index (χ2n) is 6.21. The number of aliphatic carboxylic acids is 1. The molecule has 0 aromatic heterocycles. The Morgan fingerprint density at radius 1 is 1.50 bits per heavy atom. The standard InChI is InChI=1S/C16H22O4/c1-4-20-15(19)11(8-14(17)18)7-10-5-6-12-9-13(10)16(12,2)3/h5,7,12-13H,4,6,8-9H2,1-3H3,(H,17,18)/b11-7+/t12-,13-/m0/s1. The van der Waals surface area contributed by atoms with E-state index in [1.807, 2.05) is 0 Å². The summed E-state index contributed by atoms with van der Waals surface area (Å²) in [6.07, 6.45) is 5.75. The maximum atomic E-state index is 11.9. The Morgan fingerprint density at radius 2 is 2.20 bits per heavy atom. The van der Waals surface area contributed by atoms with Crippen molar-refractivity contribution in [1.82, 2.24) is 0 Å². The predicted octanol–water partition coefficient (Wildman–Crippen LogP) is 2.94. The summed E-state index contributed by atoms with van der Waals surface area (Å²) in [6.45, 7) is 6.46. The number of carboxylic acid groups (broad SMARTS) is 1. The van der Waals surface area contributed by atoms with E-state index in [4.69, 9.17) is 9.84 Å². The quantitative estimate of drug-likeness (QED) is 0.620. The highest BCUT2D eigenvalue weighted by molar-refractivity contribution is 5.94. The van der Waals surface area contributed by atoms with Crippen LogP contribution in [-0.2, 0) is 14.3 Å². The number of carbonyl (C=O) groups excluding carboxylic acids is 1. The van der Waals surface area contributed by atoms with E-state index in [1.165, 1.54) is 0 Å². The molecular weight excluding hydrogens is 256 g/mol. The van der Waals surface area contributed by atoms with Gasteiger partial charge in [0.15, 0.2) is 0 Å². The molecule has 0 radical (unpaired) electrons. The Labute approximate surface area is 119 Å². The molecule has 0 aliphatic heterocycles. The van der Waals surface area contributed by atoms with Gasteiger partial charge in [-0.1, -0.05) is 19.9 Å². The first-order chi connectivity index (χ1) is 9.36. The summed E-state index contributed by atoms with van der Waals surface area (Å²) in [6, 6.07) is 0. The average molecular weight is 278 g/mol. The van der Waals surface area contributed by atoms with Gasteiger partial charge in [-0.15, -0.1) is 0 Å². The third-order valence-corrected chi connectivity index (χ3v) is 4.73. The number of fused-ring (bicyclic) bond motifs is 1. The van der Waals surface area contributed by atoms with Crippen LogP contribution in [0.1, 0.15) is 40.0 Å². The predicted molar refractivity (Wildman–Crippen MR) is 75.0 cm³/mol. The summed E-state index contributed by atoms with van der Waals surface area (Å²) in [5, 5.41) is 8.94. The first-order valence-corrected chi connectivity index (χ1v) is 7.15. The zero-order chi connectivity index (χ0) is 14.9. The molecule has 3 aliphatic carbocycles. The van der Waals surface area contributed by atoms with Crippen molar-refractivity contribution < 1.29 is 19.4 Å². The van der Waals surface area contributed by atoms with Crippen molar-refractivity contribution in [2.75, 3.05) is 6.61 Å². The van der Waals surface area contributed by atoms with Crippen molar-refractivity contribution in [3.63, 3.8) is 0 Å². The fourth-order valence-electron chi connectivity index (χ4n) is 3.33. The number of ether oxygens (including phenoxy) is 1. The van der Waals surface area contributed by atoms with Crippen LogP contribution in [0.15, 0.2) is 23.3 Å². The first-order valence-electron chi connectivity index (χ1n) is 7.15. The van der Waals surface area contributed by atoms with E-state index in [1.54, 1.807) is 13.0 Å². The van der Waals surface area contributed by atoms with Gasteiger partial charge in [0.05, 0.1) is 13.0 Å². The van der Waals surface area contributed by atoms with Crippen LogP contribution in [0.5, 0.6) is 0 Å². The van der Waals surface area contributed by atoms with Crippen LogP contribution in [0, 0.1) is 17.3 Å². The molecule has 0 saturated heterocycles. The van der Waals surface area contributed by atoms with Gasteiger partial charge >= 0.3 is 11.9 Å². The second kappa shape index (κ2) is 5.43. The van der Waals surface area contributed by atoms with E-state index < -0.39 is 11.9 Å². The highest BCUT2D eigenvalue weighted by atomic mass is 16.5. The molecule has 0 spiro atoms. The molecule has 0 amide bonds. The second-order valence-corrected chi connectivity index (χ2v) is 6.21. The van der Waals surface area contributed by atoms with E-state index in [0.717, 1.165) is 24.3 Å². The molecular formula is C16H22O4. The van der Waals surface area contributed by atoms with Crippen LogP contribution in [0.25, 0.3) is 0 Å². The smallest absolute Gasteiger partial charge is 0.334 e. The van der Waals surface area contributed by atoms with Gasteiger partial charge in [0.2, 0.25) is 0 Å². The summed E-state index contributed by atoms with van der Waals surface area (Å²) in [7, 11) is 0. The molecule has 110 valence electrons. The Kier molecular flexibility index (Phi) is 4.02. The topological polar surface area (TPSA) is 63.6 Å². The lowest BCUT2D eigenvalue weighted by atomic mass is 9.49. The van der Waals surface area contributed by atoms with Crippen molar-refractivity contribution in [3.05, 3.63) is 23.3 Å².